The molecular formula is C20H25N3O7S. The van der Waals surface area contributed by atoms with Crippen molar-refractivity contribution in [2.45, 2.75) is 49.0 Å². The van der Waals surface area contributed by atoms with E-state index in [0.29, 0.717) is 5.56 Å². The summed E-state index contributed by atoms with van der Waals surface area (Å²) in [6, 6.07) is 6.23. The van der Waals surface area contributed by atoms with Gasteiger partial charge in [-0.3, -0.25) is 9.59 Å². The van der Waals surface area contributed by atoms with E-state index in [1.165, 1.54) is 16.7 Å². The Morgan fingerprint density at radius 3 is 2.52 bits per heavy atom. The molecule has 0 spiro atoms. The van der Waals surface area contributed by atoms with Gasteiger partial charge in [0, 0.05) is 4.75 Å². The van der Waals surface area contributed by atoms with Crippen molar-refractivity contribution in [1.29, 1.82) is 0 Å². The van der Waals surface area contributed by atoms with Gasteiger partial charge in [-0.05, 0) is 26.3 Å². The molecule has 2 heterocycles. The normalized spacial score (nSPS) is 24.5. The fraction of sp³-hybridized carbons (Fsp3) is 0.500. The molecule has 11 heteroatoms. The van der Waals surface area contributed by atoms with Crippen molar-refractivity contribution in [3.8, 4) is 0 Å². The highest BCUT2D eigenvalue weighted by molar-refractivity contribution is 8.01. The number of β-lactam (4-membered cyclic amide) rings is 1. The Morgan fingerprint density at radius 2 is 1.87 bits per heavy atom. The van der Waals surface area contributed by atoms with Crippen LogP contribution in [0.15, 0.2) is 30.3 Å². The van der Waals surface area contributed by atoms with E-state index >= 15 is 0 Å². The first-order valence-electron chi connectivity index (χ1n) is 9.74. The number of hydrogen-bond acceptors (Lipinski definition) is 9. The summed E-state index contributed by atoms with van der Waals surface area (Å²) in [7, 11) is 0. The van der Waals surface area contributed by atoms with E-state index in [1.54, 1.807) is 45.0 Å². The number of esters is 1. The summed E-state index contributed by atoms with van der Waals surface area (Å²) in [5, 5.41) is 2.26. The maximum atomic E-state index is 12.8. The molecule has 2 aliphatic heterocycles. The number of amides is 2. The zero-order valence-electron chi connectivity index (χ0n) is 17.4. The summed E-state index contributed by atoms with van der Waals surface area (Å²) in [6.45, 7) is 4.73. The zero-order valence-corrected chi connectivity index (χ0v) is 18.2. The lowest BCUT2D eigenvalue weighted by Crippen LogP contribution is -2.71. The number of rotatable bonds is 7. The highest BCUT2D eigenvalue weighted by Gasteiger charge is 2.64. The monoisotopic (exact) mass is 451 g/mol. The van der Waals surface area contributed by atoms with Crippen LogP contribution in [0.5, 0.6) is 0 Å². The van der Waals surface area contributed by atoms with Crippen molar-refractivity contribution >= 4 is 35.7 Å². The van der Waals surface area contributed by atoms with Crippen LogP contribution in [-0.2, 0) is 28.6 Å². The maximum Gasteiger partial charge on any atom is 0.511 e. The highest BCUT2D eigenvalue weighted by atomic mass is 32.2. The van der Waals surface area contributed by atoms with Crippen LogP contribution in [0.4, 0.5) is 4.79 Å². The Labute approximate surface area is 183 Å². The van der Waals surface area contributed by atoms with Crippen LogP contribution in [0.1, 0.15) is 32.4 Å². The van der Waals surface area contributed by atoms with Crippen LogP contribution in [0.2, 0.25) is 0 Å². The van der Waals surface area contributed by atoms with Crippen molar-refractivity contribution in [1.82, 2.24) is 10.2 Å². The smallest absolute Gasteiger partial charge is 0.435 e. The van der Waals surface area contributed by atoms with Gasteiger partial charge in [0.1, 0.15) is 23.5 Å². The summed E-state index contributed by atoms with van der Waals surface area (Å²) in [6.07, 6.45) is -0.953. The summed E-state index contributed by atoms with van der Waals surface area (Å²) >= 11 is 1.38. The zero-order chi connectivity index (χ0) is 22.8. The minimum atomic E-state index is -0.953. The Kier molecular flexibility index (Phi) is 6.75. The number of nitrogens with zero attached hydrogens (tertiary/aromatic N) is 1. The number of ether oxygens (including phenoxy) is 3. The molecule has 3 N–H and O–H groups in total. The predicted octanol–water partition coefficient (Wildman–Crippen LogP) is 0.907. The van der Waals surface area contributed by atoms with Crippen LogP contribution in [0, 0.1) is 0 Å². The first-order chi connectivity index (χ1) is 14.7. The van der Waals surface area contributed by atoms with Crippen molar-refractivity contribution in [3.05, 3.63) is 35.9 Å². The topological polar surface area (TPSA) is 137 Å². The molecule has 2 aliphatic rings. The minimum Gasteiger partial charge on any atom is -0.435 e. The van der Waals surface area contributed by atoms with Crippen LogP contribution in [-0.4, -0.2) is 64.4 Å². The standard InChI is InChI=1S/C20H25N3O7S/c1-4-28-19(27)30-10-29-18(26)14-20(2,3)31-17-13(16(25)23(14)17)22-15(24)12(21)11-8-6-5-7-9-11/h5-9,12-14,17H,4,10,21H2,1-3H3,(H,22,24)/t12?,13-,14+,17-/m1/s1. The summed E-state index contributed by atoms with van der Waals surface area (Å²) in [5.41, 5.74) is 6.64. The largest absolute Gasteiger partial charge is 0.511 e. The minimum absolute atomic E-state index is 0.129. The summed E-state index contributed by atoms with van der Waals surface area (Å²) in [4.78, 5) is 50.5. The van der Waals surface area contributed by atoms with E-state index in [1.807, 2.05) is 6.07 Å². The number of carbonyl (C=O) groups excluding carboxylic acids is 4. The molecular weight excluding hydrogens is 426 g/mol. The van der Waals surface area contributed by atoms with Gasteiger partial charge in [0.2, 0.25) is 18.6 Å². The van der Waals surface area contributed by atoms with Gasteiger partial charge in [-0.15, -0.1) is 11.8 Å². The number of hydrogen-bond donors (Lipinski definition) is 2. The second-order valence-corrected chi connectivity index (χ2v) is 9.31. The van der Waals surface area contributed by atoms with E-state index in [9.17, 15) is 19.2 Å². The third kappa shape index (κ3) is 4.62. The van der Waals surface area contributed by atoms with Gasteiger partial charge >= 0.3 is 12.1 Å². The fourth-order valence-electron chi connectivity index (χ4n) is 3.56. The second kappa shape index (κ2) is 9.15. The molecule has 10 nitrogen and oxygen atoms in total. The molecule has 168 valence electrons. The van der Waals surface area contributed by atoms with Crippen molar-refractivity contribution in [2.75, 3.05) is 13.4 Å². The van der Waals surface area contributed by atoms with Gasteiger partial charge in [0.15, 0.2) is 0 Å². The van der Waals surface area contributed by atoms with Gasteiger partial charge in [-0.1, -0.05) is 30.3 Å². The SMILES string of the molecule is CCOC(=O)OCOC(=O)[C@@H]1N2C(=O)[C@@H](NC(=O)C(N)c3ccccc3)[C@H]2SC1(C)C. The lowest BCUT2D eigenvalue weighted by atomic mass is 9.95. The quantitative estimate of drug-likeness (QED) is 0.352. The van der Waals surface area contributed by atoms with Crippen LogP contribution < -0.4 is 11.1 Å². The molecule has 3 rings (SSSR count). The van der Waals surface area contributed by atoms with Crippen molar-refractivity contribution in [2.24, 2.45) is 5.73 Å². The molecule has 0 aliphatic carbocycles. The molecule has 1 unspecified atom stereocenters. The number of benzene rings is 1. The van der Waals surface area contributed by atoms with Crippen LogP contribution in [0.25, 0.3) is 0 Å². The number of carbonyl (C=O) groups is 4. The average Bonchev–Trinajstić information content (AvgIpc) is 2.99. The van der Waals surface area contributed by atoms with Crippen LogP contribution >= 0.6 is 11.8 Å². The highest BCUT2D eigenvalue weighted by Crippen LogP contribution is 2.51. The molecule has 0 bridgehead atoms. The molecule has 31 heavy (non-hydrogen) atoms. The molecule has 0 saturated carbocycles. The van der Waals surface area contributed by atoms with Gasteiger partial charge in [-0.25, -0.2) is 9.59 Å². The van der Waals surface area contributed by atoms with Gasteiger partial charge < -0.3 is 30.2 Å². The Bertz CT molecular complexity index is 864. The van der Waals surface area contributed by atoms with E-state index in [2.05, 4.69) is 14.8 Å². The Morgan fingerprint density at radius 1 is 1.19 bits per heavy atom. The lowest BCUT2D eigenvalue weighted by Gasteiger charge is -2.44. The number of nitrogens with two attached hydrogens (primary N) is 1. The summed E-state index contributed by atoms with van der Waals surface area (Å²) < 4.78 is 13.6. The second-order valence-electron chi connectivity index (χ2n) is 7.54. The molecule has 2 amide bonds. The van der Waals surface area contributed by atoms with E-state index in [-0.39, 0.29) is 6.61 Å². The molecule has 2 saturated heterocycles. The number of nitrogens with one attached hydrogen (secondary N) is 1. The van der Waals surface area contributed by atoms with Crippen LogP contribution in [0.3, 0.4) is 0 Å². The van der Waals surface area contributed by atoms with Gasteiger partial charge in [-0.2, -0.15) is 0 Å². The third-order valence-electron chi connectivity index (χ3n) is 5.04. The molecule has 4 atom stereocenters. The van der Waals surface area contributed by atoms with Gasteiger partial charge in [0.25, 0.3) is 0 Å². The number of thioether (sulfide) groups is 1. The van der Waals surface area contributed by atoms with E-state index < -0.39 is 59.0 Å². The molecule has 0 radical (unpaired) electrons. The maximum absolute atomic E-state index is 12.8. The molecule has 0 aromatic heterocycles. The first kappa shape index (κ1) is 22.9. The first-order valence-corrected chi connectivity index (χ1v) is 10.6. The number of fused-ring (bicyclic) bond motifs is 1. The molecule has 2 fully saturated rings. The van der Waals surface area contributed by atoms with Crippen molar-refractivity contribution < 1.29 is 33.4 Å². The lowest BCUT2D eigenvalue weighted by molar-refractivity contribution is -0.170. The summed E-state index contributed by atoms with van der Waals surface area (Å²) in [5.74, 6) is -1.58. The Hall–Kier alpha value is -2.79. The molecule has 1 aromatic rings. The average molecular weight is 452 g/mol. The van der Waals surface area contributed by atoms with Gasteiger partial charge in [0.05, 0.1) is 6.61 Å². The van der Waals surface area contributed by atoms with E-state index in [0.717, 1.165) is 0 Å². The predicted molar refractivity (Wildman–Crippen MR) is 110 cm³/mol. The third-order valence-corrected chi connectivity index (χ3v) is 6.61. The Balaban J connectivity index is 1.60. The molecule has 1 aromatic carbocycles. The fourth-order valence-corrected chi connectivity index (χ4v) is 5.18. The van der Waals surface area contributed by atoms with Crippen molar-refractivity contribution in [3.63, 3.8) is 0 Å². The van der Waals surface area contributed by atoms with E-state index in [4.69, 9.17) is 10.5 Å².